The molecule has 3 N–H and O–H groups in total. The van der Waals surface area contributed by atoms with Gasteiger partial charge in [0.25, 0.3) is 0 Å². The van der Waals surface area contributed by atoms with E-state index < -0.39 is 17.6 Å². The fourth-order valence-electron chi connectivity index (χ4n) is 1.55. The smallest absolute Gasteiger partial charge is 0.323 e. The van der Waals surface area contributed by atoms with Crippen LogP contribution in [0.2, 0.25) is 0 Å². The van der Waals surface area contributed by atoms with Gasteiger partial charge in [-0.3, -0.25) is 4.79 Å². The topological polar surface area (TPSA) is 69.6 Å². The van der Waals surface area contributed by atoms with Crippen molar-refractivity contribution in [2.45, 2.75) is 30.9 Å². The van der Waals surface area contributed by atoms with Crippen molar-refractivity contribution in [3.8, 4) is 0 Å². The van der Waals surface area contributed by atoms with Crippen molar-refractivity contribution < 1.29 is 15.0 Å². The number of aliphatic hydroxyl groups excluding tert-OH is 1. The average molecular weight is 159 g/mol. The Morgan fingerprint density at radius 1 is 1.73 bits per heavy atom. The van der Waals surface area contributed by atoms with Crippen LogP contribution in [-0.2, 0) is 4.79 Å². The minimum absolute atomic E-state index is 0.318. The highest BCUT2D eigenvalue weighted by atomic mass is 16.4. The molecule has 0 bridgehead atoms. The molecule has 1 fully saturated rings. The summed E-state index contributed by atoms with van der Waals surface area (Å²) in [7, 11) is 1.62. The summed E-state index contributed by atoms with van der Waals surface area (Å²) in [5.41, 5.74) is -0.876. The summed E-state index contributed by atoms with van der Waals surface area (Å²) < 4.78 is 0. The number of nitrogens with one attached hydrogen (secondary N) is 1. The zero-order valence-electron chi connectivity index (χ0n) is 6.50. The maximum absolute atomic E-state index is 10.7. The third-order valence-electron chi connectivity index (χ3n) is 2.38. The van der Waals surface area contributed by atoms with Gasteiger partial charge >= 0.3 is 5.97 Å². The standard InChI is InChI=1S/C7H13NO3/c1-8-7(6(10)11)3-2-5(9)4-7/h5,8-9H,2-4H2,1H3,(H,10,11). The average Bonchev–Trinajstić information content (AvgIpc) is 2.33. The summed E-state index contributed by atoms with van der Waals surface area (Å²) >= 11 is 0. The van der Waals surface area contributed by atoms with Gasteiger partial charge in [-0.1, -0.05) is 0 Å². The van der Waals surface area contributed by atoms with Gasteiger partial charge in [0.05, 0.1) is 6.10 Å². The maximum Gasteiger partial charge on any atom is 0.323 e. The number of carbonyl (C=O) groups is 1. The summed E-state index contributed by atoms with van der Waals surface area (Å²) in [5, 5.41) is 20.7. The number of rotatable bonds is 2. The molecule has 0 aliphatic heterocycles. The molecule has 0 amide bonds. The number of hydrogen-bond donors (Lipinski definition) is 3. The minimum atomic E-state index is -0.876. The molecule has 1 aliphatic rings. The molecule has 0 aromatic rings. The van der Waals surface area contributed by atoms with Gasteiger partial charge in [0.1, 0.15) is 5.54 Å². The van der Waals surface area contributed by atoms with Crippen LogP contribution < -0.4 is 5.32 Å². The van der Waals surface area contributed by atoms with Gasteiger partial charge in [0.15, 0.2) is 0 Å². The van der Waals surface area contributed by atoms with Crippen LogP contribution in [0.5, 0.6) is 0 Å². The SMILES string of the molecule is CNC1(C(=O)O)CCC(O)C1. The Bertz CT molecular complexity index is 171. The summed E-state index contributed by atoms with van der Waals surface area (Å²) in [6.07, 6.45) is 0.949. The van der Waals surface area contributed by atoms with Crippen LogP contribution in [-0.4, -0.2) is 34.9 Å². The number of aliphatic hydroxyl groups is 1. The molecule has 0 aromatic carbocycles. The molecule has 2 unspecified atom stereocenters. The van der Waals surface area contributed by atoms with E-state index in [1.165, 1.54) is 0 Å². The van der Waals surface area contributed by atoms with E-state index >= 15 is 0 Å². The fourth-order valence-corrected chi connectivity index (χ4v) is 1.55. The molecule has 0 radical (unpaired) electrons. The van der Waals surface area contributed by atoms with Crippen molar-refractivity contribution in [3.63, 3.8) is 0 Å². The van der Waals surface area contributed by atoms with Crippen molar-refractivity contribution >= 4 is 5.97 Å². The number of aliphatic carboxylic acids is 1. The van der Waals surface area contributed by atoms with Crippen LogP contribution in [0.3, 0.4) is 0 Å². The van der Waals surface area contributed by atoms with Gasteiger partial charge in [-0.25, -0.2) is 0 Å². The fraction of sp³-hybridized carbons (Fsp3) is 0.857. The molecule has 64 valence electrons. The normalized spacial score (nSPS) is 37.5. The Labute approximate surface area is 65.2 Å². The Hall–Kier alpha value is -0.610. The lowest BCUT2D eigenvalue weighted by Crippen LogP contribution is -2.48. The zero-order chi connectivity index (χ0) is 8.48. The van der Waals surface area contributed by atoms with Gasteiger partial charge in [-0.2, -0.15) is 0 Å². The second-order valence-electron chi connectivity index (χ2n) is 3.03. The van der Waals surface area contributed by atoms with E-state index in [0.717, 1.165) is 0 Å². The van der Waals surface area contributed by atoms with Gasteiger partial charge < -0.3 is 15.5 Å². The van der Waals surface area contributed by atoms with E-state index in [1.54, 1.807) is 7.05 Å². The number of carboxylic acid groups (broad SMARTS) is 1. The molecule has 1 saturated carbocycles. The Kier molecular flexibility index (Phi) is 2.15. The lowest BCUT2D eigenvalue weighted by Gasteiger charge is -2.22. The number of carboxylic acids is 1. The van der Waals surface area contributed by atoms with E-state index in [9.17, 15) is 4.79 Å². The summed E-state index contributed by atoms with van der Waals surface area (Å²) in [5.74, 6) is -0.864. The number of likely N-dealkylation sites (N-methyl/N-ethyl adjacent to an activating group) is 1. The quantitative estimate of drug-likeness (QED) is 0.511. The lowest BCUT2D eigenvalue weighted by molar-refractivity contribution is -0.144. The Morgan fingerprint density at radius 3 is 2.55 bits per heavy atom. The number of hydrogen-bond acceptors (Lipinski definition) is 3. The second-order valence-corrected chi connectivity index (χ2v) is 3.03. The monoisotopic (exact) mass is 159 g/mol. The maximum atomic E-state index is 10.7. The molecular weight excluding hydrogens is 146 g/mol. The van der Waals surface area contributed by atoms with Crippen molar-refractivity contribution in [3.05, 3.63) is 0 Å². The highest BCUT2D eigenvalue weighted by Crippen LogP contribution is 2.29. The first-order valence-electron chi connectivity index (χ1n) is 3.71. The molecule has 1 aliphatic carbocycles. The third kappa shape index (κ3) is 1.36. The van der Waals surface area contributed by atoms with Crippen molar-refractivity contribution in [1.82, 2.24) is 5.32 Å². The predicted molar refractivity (Wildman–Crippen MR) is 39.3 cm³/mol. The zero-order valence-corrected chi connectivity index (χ0v) is 6.50. The summed E-state index contributed by atoms with van der Waals surface area (Å²) in [6.45, 7) is 0. The minimum Gasteiger partial charge on any atom is -0.480 e. The first kappa shape index (κ1) is 8.49. The molecule has 2 atom stereocenters. The summed E-state index contributed by atoms with van der Waals surface area (Å²) in [6, 6.07) is 0. The van der Waals surface area contributed by atoms with Crippen LogP contribution in [0.25, 0.3) is 0 Å². The lowest BCUT2D eigenvalue weighted by atomic mass is 9.98. The molecular formula is C7H13NO3. The predicted octanol–water partition coefficient (Wildman–Crippen LogP) is -0.426. The first-order valence-corrected chi connectivity index (χ1v) is 3.71. The molecule has 0 saturated heterocycles. The van der Waals surface area contributed by atoms with Crippen LogP contribution in [0.1, 0.15) is 19.3 Å². The van der Waals surface area contributed by atoms with Crippen molar-refractivity contribution in [2.24, 2.45) is 0 Å². The molecule has 0 spiro atoms. The van der Waals surface area contributed by atoms with Crippen LogP contribution in [0, 0.1) is 0 Å². The van der Waals surface area contributed by atoms with E-state index in [-0.39, 0.29) is 0 Å². The largest absolute Gasteiger partial charge is 0.480 e. The van der Waals surface area contributed by atoms with E-state index in [1.807, 2.05) is 0 Å². The molecule has 0 aromatic heterocycles. The highest BCUT2D eigenvalue weighted by molar-refractivity contribution is 5.79. The molecule has 11 heavy (non-hydrogen) atoms. The second kappa shape index (κ2) is 2.79. The Balaban J connectivity index is 2.70. The highest BCUT2D eigenvalue weighted by Gasteiger charge is 2.43. The molecule has 1 rings (SSSR count). The molecule has 0 heterocycles. The van der Waals surface area contributed by atoms with Crippen LogP contribution in [0.4, 0.5) is 0 Å². The van der Waals surface area contributed by atoms with E-state index in [0.29, 0.717) is 19.3 Å². The van der Waals surface area contributed by atoms with Gasteiger partial charge in [0, 0.05) is 6.42 Å². The van der Waals surface area contributed by atoms with E-state index in [4.69, 9.17) is 10.2 Å². The molecule has 4 nitrogen and oxygen atoms in total. The van der Waals surface area contributed by atoms with Crippen LogP contribution in [0.15, 0.2) is 0 Å². The van der Waals surface area contributed by atoms with Crippen molar-refractivity contribution in [1.29, 1.82) is 0 Å². The van der Waals surface area contributed by atoms with Crippen molar-refractivity contribution in [2.75, 3.05) is 7.05 Å². The Morgan fingerprint density at radius 2 is 2.36 bits per heavy atom. The first-order chi connectivity index (χ1) is 5.10. The third-order valence-corrected chi connectivity index (χ3v) is 2.38. The van der Waals surface area contributed by atoms with Gasteiger partial charge in [-0.05, 0) is 19.9 Å². The van der Waals surface area contributed by atoms with Gasteiger partial charge in [0.2, 0.25) is 0 Å². The molecule has 4 heteroatoms. The van der Waals surface area contributed by atoms with E-state index in [2.05, 4.69) is 5.32 Å². The summed E-state index contributed by atoms with van der Waals surface area (Å²) in [4.78, 5) is 10.7. The van der Waals surface area contributed by atoms with Crippen LogP contribution >= 0.6 is 0 Å². The van der Waals surface area contributed by atoms with Gasteiger partial charge in [-0.15, -0.1) is 0 Å².